The van der Waals surface area contributed by atoms with Gasteiger partial charge in [-0.3, -0.25) is 9.97 Å². The summed E-state index contributed by atoms with van der Waals surface area (Å²) in [6.45, 7) is 9.24. The Morgan fingerprint density at radius 3 is 2.60 bits per heavy atom. The molecule has 0 saturated heterocycles. The monoisotopic (exact) mass is 363 g/mol. The fraction of sp³-hybridized carbons (Fsp3) is 0.474. The summed E-state index contributed by atoms with van der Waals surface area (Å²) in [7, 11) is 0. The summed E-state index contributed by atoms with van der Waals surface area (Å²) in [5.41, 5.74) is 1.94. The van der Waals surface area contributed by atoms with Crippen LogP contribution in [0.5, 0.6) is 11.5 Å². The van der Waals surface area contributed by atoms with Crippen LogP contribution in [0.15, 0.2) is 30.7 Å². The number of halogens is 1. The van der Waals surface area contributed by atoms with E-state index < -0.39 is 0 Å². The molecule has 1 aromatic carbocycles. The van der Waals surface area contributed by atoms with Crippen LogP contribution < -0.4 is 14.8 Å². The van der Waals surface area contributed by atoms with Crippen molar-refractivity contribution < 1.29 is 9.47 Å². The molecule has 1 atom stereocenters. The number of aromatic nitrogens is 2. The molecule has 25 heavy (non-hydrogen) atoms. The number of nitrogens with one attached hydrogen (secondary N) is 1. The summed E-state index contributed by atoms with van der Waals surface area (Å²) in [4.78, 5) is 8.40. The van der Waals surface area contributed by atoms with Crippen LogP contribution in [-0.2, 0) is 13.0 Å². The number of hydrogen-bond donors (Lipinski definition) is 1. The average Bonchev–Trinajstić information content (AvgIpc) is 2.56. The molecule has 6 heteroatoms. The average molecular weight is 364 g/mol. The molecule has 0 bridgehead atoms. The van der Waals surface area contributed by atoms with E-state index in [-0.39, 0.29) is 12.1 Å². The maximum absolute atomic E-state index is 6.43. The predicted molar refractivity (Wildman–Crippen MR) is 100 cm³/mol. The molecule has 136 valence electrons. The zero-order valence-electron chi connectivity index (χ0n) is 15.3. The van der Waals surface area contributed by atoms with E-state index in [2.05, 4.69) is 22.2 Å². The molecule has 1 aromatic heterocycles. The van der Waals surface area contributed by atoms with Gasteiger partial charge in [0.05, 0.1) is 18.4 Å². The zero-order chi connectivity index (χ0) is 18.2. The minimum Gasteiger partial charge on any atom is -0.490 e. The Labute approximate surface area is 154 Å². The van der Waals surface area contributed by atoms with Crippen molar-refractivity contribution in [3.8, 4) is 11.5 Å². The Morgan fingerprint density at radius 1 is 1.16 bits per heavy atom. The second-order valence-corrected chi connectivity index (χ2v) is 6.58. The highest BCUT2D eigenvalue weighted by Gasteiger charge is 2.13. The largest absolute Gasteiger partial charge is 0.490 e. The molecular weight excluding hydrogens is 338 g/mol. The van der Waals surface area contributed by atoms with Crippen LogP contribution in [0.4, 0.5) is 0 Å². The lowest BCUT2D eigenvalue weighted by Gasteiger charge is -2.18. The Hall–Kier alpha value is -1.85. The first-order valence-corrected chi connectivity index (χ1v) is 8.97. The van der Waals surface area contributed by atoms with Crippen molar-refractivity contribution in [2.45, 2.75) is 52.8 Å². The zero-order valence-corrected chi connectivity index (χ0v) is 16.0. The van der Waals surface area contributed by atoms with Gasteiger partial charge in [0.15, 0.2) is 11.5 Å². The van der Waals surface area contributed by atoms with Crippen LogP contribution >= 0.6 is 11.6 Å². The first-order valence-electron chi connectivity index (χ1n) is 8.59. The molecule has 2 aromatic rings. The molecule has 1 heterocycles. The molecule has 0 amide bonds. The number of benzene rings is 1. The first kappa shape index (κ1) is 19.5. The molecule has 0 aliphatic rings. The van der Waals surface area contributed by atoms with Gasteiger partial charge in [-0.1, -0.05) is 11.6 Å². The Morgan fingerprint density at radius 2 is 1.96 bits per heavy atom. The Bertz CT molecular complexity index is 665. The quantitative estimate of drug-likeness (QED) is 0.728. The van der Waals surface area contributed by atoms with Crippen LogP contribution in [0.3, 0.4) is 0 Å². The second kappa shape index (κ2) is 9.59. The lowest BCUT2D eigenvalue weighted by atomic mass is 10.1. The molecule has 0 radical (unpaired) electrons. The van der Waals surface area contributed by atoms with Gasteiger partial charge in [-0.25, -0.2) is 0 Å². The van der Waals surface area contributed by atoms with Gasteiger partial charge in [0.2, 0.25) is 0 Å². The highest BCUT2D eigenvalue weighted by molar-refractivity contribution is 6.31. The third kappa shape index (κ3) is 6.18. The van der Waals surface area contributed by atoms with E-state index in [0.29, 0.717) is 23.9 Å². The minimum atomic E-state index is 0.0613. The fourth-order valence-electron chi connectivity index (χ4n) is 2.43. The molecule has 0 fully saturated rings. The molecule has 0 spiro atoms. The van der Waals surface area contributed by atoms with Crippen molar-refractivity contribution in [1.82, 2.24) is 15.3 Å². The van der Waals surface area contributed by atoms with E-state index in [1.807, 2.05) is 32.9 Å². The highest BCUT2D eigenvalue weighted by atomic mass is 35.5. The van der Waals surface area contributed by atoms with Crippen molar-refractivity contribution in [1.29, 1.82) is 0 Å². The van der Waals surface area contributed by atoms with Gasteiger partial charge in [-0.2, -0.15) is 0 Å². The van der Waals surface area contributed by atoms with Crippen LogP contribution in [0.1, 0.15) is 39.0 Å². The molecular formula is C19H26ClN3O2. The van der Waals surface area contributed by atoms with Gasteiger partial charge in [-0.15, -0.1) is 0 Å². The van der Waals surface area contributed by atoms with Gasteiger partial charge in [0, 0.05) is 48.7 Å². The number of hydrogen-bond acceptors (Lipinski definition) is 5. The molecule has 0 aliphatic carbocycles. The van der Waals surface area contributed by atoms with Crippen LogP contribution in [0.2, 0.25) is 5.02 Å². The van der Waals surface area contributed by atoms with E-state index in [0.717, 1.165) is 23.4 Å². The van der Waals surface area contributed by atoms with Gasteiger partial charge in [0.25, 0.3) is 0 Å². The third-order valence-electron chi connectivity index (χ3n) is 3.55. The predicted octanol–water partition coefficient (Wildman–Crippen LogP) is 4.04. The van der Waals surface area contributed by atoms with Crippen molar-refractivity contribution >= 4 is 11.6 Å². The second-order valence-electron chi connectivity index (χ2n) is 6.17. The van der Waals surface area contributed by atoms with Crippen LogP contribution in [0.25, 0.3) is 0 Å². The summed E-state index contributed by atoms with van der Waals surface area (Å²) in [5.74, 6) is 1.40. The standard InChI is InChI=1S/C19H26ClN3O2/c1-5-24-18-9-15(17(20)10-19(18)25-13(2)3)11-23-14(4)8-16-12-21-6-7-22-16/h6-7,9-10,12-14,23H,5,8,11H2,1-4H3. The van der Waals surface area contributed by atoms with Crippen molar-refractivity contribution in [2.24, 2.45) is 0 Å². The smallest absolute Gasteiger partial charge is 0.163 e. The summed E-state index contributed by atoms with van der Waals surface area (Å²) < 4.78 is 11.5. The Balaban J connectivity index is 2.04. The van der Waals surface area contributed by atoms with E-state index in [1.165, 1.54) is 0 Å². The first-order chi connectivity index (χ1) is 12.0. The molecule has 5 nitrogen and oxygen atoms in total. The SMILES string of the molecule is CCOc1cc(CNC(C)Cc2cnccn2)c(Cl)cc1OC(C)C. The van der Waals surface area contributed by atoms with E-state index >= 15 is 0 Å². The van der Waals surface area contributed by atoms with Gasteiger partial charge in [-0.05, 0) is 39.3 Å². The summed E-state index contributed by atoms with van der Waals surface area (Å²) >= 11 is 6.43. The number of rotatable bonds is 9. The van der Waals surface area contributed by atoms with E-state index in [4.69, 9.17) is 21.1 Å². The normalized spacial score (nSPS) is 12.2. The van der Waals surface area contributed by atoms with Crippen LogP contribution in [-0.4, -0.2) is 28.7 Å². The number of nitrogens with zero attached hydrogens (tertiary/aromatic N) is 2. The lowest BCUT2D eigenvalue weighted by molar-refractivity contribution is 0.223. The van der Waals surface area contributed by atoms with Crippen molar-refractivity contribution in [3.63, 3.8) is 0 Å². The topological polar surface area (TPSA) is 56.3 Å². The summed E-state index contributed by atoms with van der Waals surface area (Å²) in [6.07, 6.45) is 6.04. The maximum atomic E-state index is 6.43. The molecule has 2 rings (SSSR count). The molecule has 1 unspecified atom stereocenters. The molecule has 0 aliphatic heterocycles. The molecule has 0 saturated carbocycles. The van der Waals surface area contributed by atoms with E-state index in [9.17, 15) is 0 Å². The molecule has 1 N–H and O–H groups in total. The van der Waals surface area contributed by atoms with Crippen LogP contribution in [0, 0.1) is 0 Å². The summed E-state index contributed by atoms with van der Waals surface area (Å²) in [5, 5.41) is 4.13. The summed E-state index contributed by atoms with van der Waals surface area (Å²) in [6, 6.07) is 4.03. The number of ether oxygens (including phenoxy) is 2. The van der Waals surface area contributed by atoms with Gasteiger partial charge >= 0.3 is 0 Å². The van der Waals surface area contributed by atoms with Crippen molar-refractivity contribution in [2.75, 3.05) is 6.61 Å². The lowest BCUT2D eigenvalue weighted by Crippen LogP contribution is -2.28. The minimum absolute atomic E-state index is 0.0613. The van der Waals surface area contributed by atoms with Gasteiger partial charge < -0.3 is 14.8 Å². The van der Waals surface area contributed by atoms with Crippen molar-refractivity contribution in [3.05, 3.63) is 47.0 Å². The van der Waals surface area contributed by atoms with Gasteiger partial charge in [0.1, 0.15) is 0 Å². The maximum Gasteiger partial charge on any atom is 0.163 e. The van der Waals surface area contributed by atoms with E-state index in [1.54, 1.807) is 18.6 Å². The third-order valence-corrected chi connectivity index (χ3v) is 3.90. The highest BCUT2D eigenvalue weighted by Crippen LogP contribution is 2.34. The fourth-order valence-corrected chi connectivity index (χ4v) is 2.65. The Kier molecular flexibility index (Phi) is 7.47.